The normalized spacial score (nSPS) is 11.2. The number of aromatic nitrogens is 2. The zero-order valence-electron chi connectivity index (χ0n) is 11.2. The van der Waals surface area contributed by atoms with E-state index in [-0.39, 0.29) is 17.2 Å². The second-order valence-electron chi connectivity index (χ2n) is 4.36. The van der Waals surface area contributed by atoms with E-state index in [9.17, 15) is 15.2 Å². The number of aryl methyl sites for hydroxylation is 1. The van der Waals surface area contributed by atoms with Crippen molar-refractivity contribution >= 4 is 33.8 Å². The Labute approximate surface area is 128 Å². The molecule has 110 valence electrons. The fraction of sp³-hybridized carbons (Fsp3) is 0.167. The summed E-state index contributed by atoms with van der Waals surface area (Å²) in [6.45, 7) is 3.30. The first-order valence-electron chi connectivity index (χ1n) is 5.83. The molecule has 0 fully saturated rings. The van der Waals surface area contributed by atoms with Gasteiger partial charge in [-0.1, -0.05) is 15.9 Å². The number of phenolic OH excluding ortho intramolecular Hbond substituents is 1. The number of aromatic hydroxyl groups is 1. The van der Waals surface area contributed by atoms with Crippen molar-refractivity contribution in [3.05, 3.63) is 43.7 Å². The number of phenols is 1. The van der Waals surface area contributed by atoms with E-state index in [1.807, 2.05) is 0 Å². The number of nitrogens with zero attached hydrogens (tertiary/aromatic N) is 4. The maximum absolute atomic E-state index is 11.0. The van der Waals surface area contributed by atoms with Crippen LogP contribution in [-0.4, -0.2) is 25.9 Å². The average molecular weight is 354 g/mol. The van der Waals surface area contributed by atoms with Gasteiger partial charge in [-0.05, 0) is 19.9 Å². The highest BCUT2D eigenvalue weighted by atomic mass is 79.9. The number of halogens is 1. The zero-order chi connectivity index (χ0) is 15.7. The fourth-order valence-corrected chi connectivity index (χ4v) is 2.22. The number of anilines is 1. The molecular weight excluding hydrogens is 342 g/mol. The highest BCUT2D eigenvalue weighted by molar-refractivity contribution is 9.10. The number of nitrogen functional groups attached to an aromatic ring is 1. The number of hydrogen-bond acceptors (Lipinski definition) is 6. The van der Waals surface area contributed by atoms with Gasteiger partial charge in [0.2, 0.25) is 11.7 Å². The van der Waals surface area contributed by atoms with Crippen molar-refractivity contribution < 1.29 is 10.0 Å². The van der Waals surface area contributed by atoms with Crippen LogP contribution in [-0.2, 0) is 0 Å². The van der Waals surface area contributed by atoms with E-state index in [1.165, 1.54) is 10.9 Å². The molecule has 0 amide bonds. The van der Waals surface area contributed by atoms with E-state index >= 15 is 0 Å². The second-order valence-corrected chi connectivity index (χ2v) is 5.21. The molecule has 21 heavy (non-hydrogen) atoms. The molecule has 1 aromatic heterocycles. The van der Waals surface area contributed by atoms with E-state index in [4.69, 9.17) is 5.73 Å². The van der Waals surface area contributed by atoms with Gasteiger partial charge in [0, 0.05) is 15.6 Å². The van der Waals surface area contributed by atoms with E-state index in [2.05, 4.69) is 26.0 Å². The Morgan fingerprint density at radius 1 is 1.57 bits per heavy atom. The van der Waals surface area contributed by atoms with Crippen molar-refractivity contribution in [3.8, 4) is 5.75 Å². The van der Waals surface area contributed by atoms with Crippen LogP contribution in [0.3, 0.4) is 0 Å². The van der Waals surface area contributed by atoms with Crippen LogP contribution in [0, 0.1) is 24.0 Å². The van der Waals surface area contributed by atoms with Gasteiger partial charge in [0.15, 0.2) is 0 Å². The standard InChI is InChI=1S/C12H12BrN5O3/c1-6-5-17(12(14)16-6)15-4-8-3-9(13)7(2)10(11(8)19)18(20)21/h3-5,19H,1-2H3,(H2,14,16). The highest BCUT2D eigenvalue weighted by Crippen LogP contribution is 2.37. The molecule has 0 saturated carbocycles. The molecule has 8 nitrogen and oxygen atoms in total. The fourth-order valence-electron chi connectivity index (χ4n) is 1.78. The quantitative estimate of drug-likeness (QED) is 0.498. The lowest BCUT2D eigenvalue weighted by atomic mass is 10.1. The first kappa shape index (κ1) is 15.0. The molecule has 3 N–H and O–H groups in total. The molecule has 0 spiro atoms. The molecule has 0 bridgehead atoms. The van der Waals surface area contributed by atoms with Gasteiger partial charge in [-0.2, -0.15) is 5.10 Å². The summed E-state index contributed by atoms with van der Waals surface area (Å²) in [6.07, 6.45) is 2.88. The molecular formula is C12H12BrN5O3. The van der Waals surface area contributed by atoms with Gasteiger partial charge in [0.1, 0.15) is 0 Å². The maximum atomic E-state index is 11.0. The lowest BCUT2D eigenvalue weighted by Gasteiger charge is -2.05. The Morgan fingerprint density at radius 3 is 2.76 bits per heavy atom. The third-order valence-corrected chi connectivity index (χ3v) is 3.66. The van der Waals surface area contributed by atoms with E-state index < -0.39 is 10.7 Å². The predicted molar refractivity (Wildman–Crippen MR) is 81.6 cm³/mol. The molecule has 1 heterocycles. The number of nitro benzene ring substituents is 1. The van der Waals surface area contributed by atoms with Crippen LogP contribution >= 0.6 is 15.9 Å². The van der Waals surface area contributed by atoms with Crippen molar-refractivity contribution in [3.63, 3.8) is 0 Å². The Morgan fingerprint density at radius 2 is 2.24 bits per heavy atom. The predicted octanol–water partition coefficient (Wildman–Crippen LogP) is 2.34. The van der Waals surface area contributed by atoms with Crippen LogP contribution in [0.2, 0.25) is 0 Å². The minimum absolute atomic E-state index is 0.184. The Bertz CT molecular complexity index is 754. The van der Waals surface area contributed by atoms with Gasteiger partial charge in [-0.15, -0.1) is 0 Å². The summed E-state index contributed by atoms with van der Waals surface area (Å²) in [5.41, 5.74) is 6.50. The molecule has 0 unspecified atom stereocenters. The van der Waals surface area contributed by atoms with Crippen LogP contribution < -0.4 is 5.73 Å². The molecule has 1 aromatic carbocycles. The Balaban J connectivity index is 2.50. The van der Waals surface area contributed by atoms with E-state index in [0.717, 1.165) is 0 Å². The monoisotopic (exact) mass is 353 g/mol. The third-order valence-electron chi connectivity index (χ3n) is 2.83. The Hall–Kier alpha value is -2.42. The smallest absolute Gasteiger partial charge is 0.315 e. The van der Waals surface area contributed by atoms with Crippen molar-refractivity contribution in [2.45, 2.75) is 13.8 Å². The number of rotatable bonds is 3. The van der Waals surface area contributed by atoms with Crippen molar-refractivity contribution in [2.24, 2.45) is 5.10 Å². The summed E-state index contributed by atoms with van der Waals surface area (Å²) < 4.78 is 1.82. The van der Waals surface area contributed by atoms with Crippen LogP contribution in [0.25, 0.3) is 0 Å². The van der Waals surface area contributed by atoms with Crippen LogP contribution in [0.4, 0.5) is 11.6 Å². The van der Waals surface area contributed by atoms with E-state index in [1.54, 1.807) is 26.1 Å². The number of hydrogen-bond donors (Lipinski definition) is 2. The minimum Gasteiger partial charge on any atom is -0.502 e. The zero-order valence-corrected chi connectivity index (χ0v) is 12.8. The van der Waals surface area contributed by atoms with Crippen molar-refractivity contribution in [1.29, 1.82) is 0 Å². The van der Waals surface area contributed by atoms with Crippen LogP contribution in [0.15, 0.2) is 21.8 Å². The van der Waals surface area contributed by atoms with Gasteiger partial charge in [0.25, 0.3) is 0 Å². The third kappa shape index (κ3) is 2.87. The molecule has 0 radical (unpaired) electrons. The van der Waals surface area contributed by atoms with Crippen molar-refractivity contribution in [1.82, 2.24) is 9.66 Å². The first-order chi connectivity index (χ1) is 9.81. The van der Waals surface area contributed by atoms with Gasteiger partial charge < -0.3 is 10.8 Å². The van der Waals surface area contributed by atoms with Crippen molar-refractivity contribution in [2.75, 3.05) is 5.73 Å². The summed E-state index contributed by atoms with van der Waals surface area (Å²) in [4.78, 5) is 14.4. The molecule has 9 heteroatoms. The van der Waals surface area contributed by atoms with Gasteiger partial charge >= 0.3 is 5.69 Å². The van der Waals surface area contributed by atoms with Crippen LogP contribution in [0.1, 0.15) is 16.8 Å². The molecule has 0 aliphatic carbocycles. The molecule has 0 saturated heterocycles. The number of benzene rings is 1. The lowest BCUT2D eigenvalue weighted by Crippen LogP contribution is -1.99. The van der Waals surface area contributed by atoms with Crippen LogP contribution in [0.5, 0.6) is 5.75 Å². The van der Waals surface area contributed by atoms with Gasteiger partial charge in [0.05, 0.1) is 23.0 Å². The summed E-state index contributed by atoms with van der Waals surface area (Å²) >= 11 is 3.22. The second kappa shape index (κ2) is 5.52. The minimum atomic E-state index is -0.636. The summed E-state index contributed by atoms with van der Waals surface area (Å²) in [6, 6.07) is 1.54. The molecule has 0 aliphatic rings. The number of nitrogens with two attached hydrogens (primary N) is 1. The number of imidazole rings is 1. The van der Waals surface area contributed by atoms with Gasteiger partial charge in [-0.3, -0.25) is 10.1 Å². The average Bonchev–Trinajstić information content (AvgIpc) is 2.70. The Kier molecular flexibility index (Phi) is 3.94. The summed E-state index contributed by atoms with van der Waals surface area (Å²) in [7, 11) is 0. The molecule has 0 aliphatic heterocycles. The largest absolute Gasteiger partial charge is 0.502 e. The summed E-state index contributed by atoms with van der Waals surface area (Å²) in [5.74, 6) is -0.260. The molecule has 2 aromatic rings. The number of nitro groups is 1. The maximum Gasteiger partial charge on any atom is 0.315 e. The van der Waals surface area contributed by atoms with E-state index in [0.29, 0.717) is 15.7 Å². The van der Waals surface area contributed by atoms with Gasteiger partial charge in [-0.25, -0.2) is 9.66 Å². The topological polar surface area (TPSA) is 120 Å². The SMILES string of the molecule is Cc1cn(N=Cc2cc(Br)c(C)c([N+](=O)[O-])c2O)c(N)n1. The lowest BCUT2D eigenvalue weighted by molar-refractivity contribution is -0.386. The molecule has 0 atom stereocenters. The summed E-state index contributed by atoms with van der Waals surface area (Å²) in [5, 5.41) is 25.1. The highest BCUT2D eigenvalue weighted by Gasteiger charge is 2.22. The molecule has 2 rings (SSSR count). The first-order valence-corrected chi connectivity index (χ1v) is 6.62.